The molecule has 1 saturated heterocycles. The van der Waals surface area contributed by atoms with Crippen LogP contribution in [0.5, 0.6) is 0 Å². The average molecular weight is 266 g/mol. The minimum Gasteiger partial charge on any atom is -0.229 e. The lowest BCUT2D eigenvalue weighted by atomic mass is 10.1. The van der Waals surface area contributed by atoms with Crippen LogP contribution in [0.1, 0.15) is 25.7 Å². The first kappa shape index (κ1) is 12.4. The zero-order valence-corrected chi connectivity index (χ0v) is 10.9. The molecular weight excluding hydrogens is 248 g/mol. The third kappa shape index (κ3) is 3.73. The first-order valence-electron chi connectivity index (χ1n) is 5.77. The molecule has 1 saturated carbocycles. The number of hydrogen-bond donors (Lipinski definition) is 0. The fourth-order valence-electron chi connectivity index (χ4n) is 2.32. The molecule has 6 heteroatoms. The van der Waals surface area contributed by atoms with Gasteiger partial charge in [-0.25, -0.2) is 16.8 Å². The molecule has 1 unspecified atom stereocenters. The van der Waals surface area contributed by atoms with Crippen LogP contribution in [0, 0.1) is 11.8 Å². The van der Waals surface area contributed by atoms with Crippen molar-refractivity contribution in [2.45, 2.75) is 25.7 Å². The molecule has 0 radical (unpaired) electrons. The Bertz CT molecular complexity index is 445. The summed E-state index contributed by atoms with van der Waals surface area (Å²) in [7, 11) is -6.01. The molecule has 0 bridgehead atoms. The Kier molecular flexibility index (Phi) is 3.32. The van der Waals surface area contributed by atoms with Gasteiger partial charge < -0.3 is 0 Å². The molecule has 0 aromatic carbocycles. The van der Waals surface area contributed by atoms with Gasteiger partial charge in [-0.05, 0) is 37.5 Å². The van der Waals surface area contributed by atoms with E-state index in [1.807, 2.05) is 0 Å². The summed E-state index contributed by atoms with van der Waals surface area (Å²) in [5.74, 6) is 0.822. The predicted octanol–water partition coefficient (Wildman–Crippen LogP) is 0.636. The van der Waals surface area contributed by atoms with Crippen molar-refractivity contribution in [2.24, 2.45) is 11.8 Å². The molecule has 94 valence electrons. The molecule has 0 aromatic heterocycles. The molecule has 1 atom stereocenters. The minimum absolute atomic E-state index is 0.0664. The van der Waals surface area contributed by atoms with E-state index in [-0.39, 0.29) is 28.9 Å². The quantitative estimate of drug-likeness (QED) is 0.748. The highest BCUT2D eigenvalue weighted by Crippen LogP contribution is 2.31. The van der Waals surface area contributed by atoms with Gasteiger partial charge in [0.2, 0.25) is 0 Å². The van der Waals surface area contributed by atoms with E-state index in [9.17, 15) is 16.8 Å². The van der Waals surface area contributed by atoms with Gasteiger partial charge in [-0.15, -0.1) is 0 Å². The maximum absolute atomic E-state index is 11.8. The average Bonchev–Trinajstić information content (AvgIpc) is 2.83. The van der Waals surface area contributed by atoms with Gasteiger partial charge in [0.15, 0.2) is 19.7 Å². The molecule has 2 fully saturated rings. The van der Waals surface area contributed by atoms with Crippen LogP contribution in [-0.2, 0) is 19.7 Å². The zero-order chi connectivity index (χ0) is 11.8. The van der Waals surface area contributed by atoms with E-state index < -0.39 is 19.7 Å². The second-order valence-corrected chi connectivity index (χ2v) is 9.53. The highest BCUT2D eigenvalue weighted by molar-refractivity contribution is 7.92. The number of hydrogen-bond acceptors (Lipinski definition) is 4. The number of sulfone groups is 2. The van der Waals surface area contributed by atoms with Crippen molar-refractivity contribution in [1.29, 1.82) is 0 Å². The van der Waals surface area contributed by atoms with Crippen molar-refractivity contribution in [3.63, 3.8) is 0 Å². The maximum Gasteiger partial charge on any atom is 0.150 e. The summed E-state index contributed by atoms with van der Waals surface area (Å²) in [6.07, 6.45) is 3.39. The van der Waals surface area contributed by atoms with Gasteiger partial charge in [0.1, 0.15) is 0 Å². The molecule has 2 rings (SSSR count). The van der Waals surface area contributed by atoms with Crippen LogP contribution in [-0.4, -0.2) is 39.8 Å². The van der Waals surface area contributed by atoms with E-state index >= 15 is 0 Å². The Morgan fingerprint density at radius 2 is 1.62 bits per heavy atom. The molecule has 1 aliphatic heterocycles. The van der Waals surface area contributed by atoms with E-state index in [4.69, 9.17) is 0 Å². The van der Waals surface area contributed by atoms with Gasteiger partial charge in [0.25, 0.3) is 0 Å². The molecule has 0 N–H and O–H groups in total. The SMILES string of the molecule is O=S1(=O)CCCC(CS(=O)(=O)CC2CC2)C1. The zero-order valence-electron chi connectivity index (χ0n) is 9.26. The van der Waals surface area contributed by atoms with E-state index in [0.717, 1.165) is 19.3 Å². The smallest absolute Gasteiger partial charge is 0.150 e. The van der Waals surface area contributed by atoms with E-state index in [1.54, 1.807) is 0 Å². The molecule has 2 aliphatic rings. The van der Waals surface area contributed by atoms with Crippen LogP contribution >= 0.6 is 0 Å². The summed E-state index contributed by atoms with van der Waals surface area (Å²) in [5, 5.41) is 0. The van der Waals surface area contributed by atoms with Crippen molar-refractivity contribution in [3.8, 4) is 0 Å². The maximum atomic E-state index is 11.8. The Labute approximate surface area is 97.3 Å². The Morgan fingerprint density at radius 1 is 1.00 bits per heavy atom. The third-order valence-electron chi connectivity index (χ3n) is 3.23. The molecule has 0 aromatic rings. The summed E-state index contributed by atoms with van der Waals surface area (Å²) in [5.41, 5.74) is 0. The second kappa shape index (κ2) is 4.29. The normalized spacial score (nSPS) is 30.1. The van der Waals surface area contributed by atoms with Crippen LogP contribution < -0.4 is 0 Å². The molecule has 0 spiro atoms. The highest BCUT2D eigenvalue weighted by atomic mass is 32.2. The van der Waals surface area contributed by atoms with E-state index in [2.05, 4.69) is 0 Å². The van der Waals surface area contributed by atoms with Gasteiger partial charge >= 0.3 is 0 Å². The van der Waals surface area contributed by atoms with E-state index in [1.165, 1.54) is 0 Å². The second-order valence-electron chi connectivity index (χ2n) is 5.14. The van der Waals surface area contributed by atoms with Crippen molar-refractivity contribution in [2.75, 3.05) is 23.0 Å². The first-order valence-corrected chi connectivity index (χ1v) is 9.41. The van der Waals surface area contributed by atoms with Crippen LogP contribution in [0.15, 0.2) is 0 Å². The Morgan fingerprint density at radius 3 is 2.19 bits per heavy atom. The molecule has 1 aliphatic carbocycles. The van der Waals surface area contributed by atoms with Gasteiger partial charge in [0, 0.05) is 0 Å². The Hall–Kier alpha value is -0.100. The number of rotatable bonds is 4. The van der Waals surface area contributed by atoms with Gasteiger partial charge in [0.05, 0.1) is 23.0 Å². The van der Waals surface area contributed by atoms with Gasteiger partial charge in [-0.3, -0.25) is 0 Å². The molecule has 4 nitrogen and oxygen atoms in total. The van der Waals surface area contributed by atoms with Crippen LogP contribution in [0.2, 0.25) is 0 Å². The van der Waals surface area contributed by atoms with Crippen molar-refractivity contribution >= 4 is 19.7 Å². The molecule has 1 heterocycles. The largest absolute Gasteiger partial charge is 0.229 e. The highest BCUT2D eigenvalue weighted by Gasteiger charge is 2.32. The lowest BCUT2D eigenvalue weighted by molar-refractivity contribution is 0.507. The van der Waals surface area contributed by atoms with Crippen molar-refractivity contribution in [1.82, 2.24) is 0 Å². The molecule has 0 amide bonds. The van der Waals surface area contributed by atoms with Gasteiger partial charge in [-0.1, -0.05) is 0 Å². The van der Waals surface area contributed by atoms with E-state index in [0.29, 0.717) is 12.3 Å². The van der Waals surface area contributed by atoms with Crippen LogP contribution in [0.4, 0.5) is 0 Å². The summed E-state index contributed by atoms with van der Waals surface area (Å²) < 4.78 is 46.3. The summed E-state index contributed by atoms with van der Waals surface area (Å²) >= 11 is 0. The summed E-state index contributed by atoms with van der Waals surface area (Å²) in [4.78, 5) is 0. The van der Waals surface area contributed by atoms with Crippen LogP contribution in [0.3, 0.4) is 0 Å². The third-order valence-corrected chi connectivity index (χ3v) is 7.08. The topological polar surface area (TPSA) is 68.3 Å². The minimum atomic E-state index is -3.03. The van der Waals surface area contributed by atoms with Crippen molar-refractivity contribution < 1.29 is 16.8 Å². The predicted molar refractivity (Wildman–Crippen MR) is 62.8 cm³/mol. The molecule has 16 heavy (non-hydrogen) atoms. The lowest BCUT2D eigenvalue weighted by Crippen LogP contribution is -2.31. The van der Waals surface area contributed by atoms with Gasteiger partial charge in [-0.2, -0.15) is 0 Å². The lowest BCUT2D eigenvalue weighted by Gasteiger charge is -2.21. The fourth-order valence-corrected chi connectivity index (χ4v) is 6.44. The summed E-state index contributed by atoms with van der Waals surface area (Å²) in [6, 6.07) is 0. The fraction of sp³-hybridized carbons (Fsp3) is 1.00. The monoisotopic (exact) mass is 266 g/mol. The standard InChI is InChI=1S/C10H18O4S2/c11-15(12)5-1-2-10(7-15)8-16(13,14)6-9-3-4-9/h9-10H,1-8H2. The first-order chi connectivity index (χ1) is 7.36. The molecular formula is C10H18O4S2. The summed E-state index contributed by atoms with van der Waals surface area (Å²) in [6.45, 7) is 0. The van der Waals surface area contributed by atoms with Crippen LogP contribution in [0.25, 0.3) is 0 Å². The van der Waals surface area contributed by atoms with Crippen molar-refractivity contribution in [3.05, 3.63) is 0 Å². The Balaban J connectivity index is 1.93.